The van der Waals surface area contributed by atoms with Gasteiger partial charge in [-0.3, -0.25) is 4.79 Å². The topological polar surface area (TPSA) is 64.9 Å². The second-order valence-electron chi connectivity index (χ2n) is 4.30. The smallest absolute Gasteiger partial charge is 0.236 e. The van der Waals surface area contributed by atoms with Crippen LogP contribution in [0.4, 0.5) is 0 Å². The number of rotatable bonds is 6. The molecule has 0 spiro atoms. The first-order valence-corrected chi connectivity index (χ1v) is 5.38. The van der Waals surface area contributed by atoms with Gasteiger partial charge in [0.2, 0.25) is 5.91 Å². The maximum atomic E-state index is 11.5. The number of nitrogens with one attached hydrogen (secondary N) is 2. The van der Waals surface area contributed by atoms with Gasteiger partial charge in [0.05, 0.1) is 18.0 Å². The average Bonchev–Trinajstić information content (AvgIpc) is 2.21. The summed E-state index contributed by atoms with van der Waals surface area (Å²) in [6.45, 7) is 8.98. The summed E-state index contributed by atoms with van der Waals surface area (Å²) in [5, 5.41) is 14.4. The molecule has 0 bridgehead atoms. The zero-order valence-electron chi connectivity index (χ0n) is 10.0. The van der Waals surface area contributed by atoms with E-state index in [9.17, 15) is 4.79 Å². The molecule has 0 aromatic heterocycles. The molecule has 0 fully saturated rings. The van der Waals surface area contributed by atoms with Crippen molar-refractivity contribution in [3.63, 3.8) is 0 Å². The molecule has 0 rings (SSSR count). The summed E-state index contributed by atoms with van der Waals surface area (Å²) in [4.78, 5) is 11.5. The second-order valence-corrected chi connectivity index (χ2v) is 4.30. The number of hydrogen-bond acceptors (Lipinski definition) is 3. The summed E-state index contributed by atoms with van der Waals surface area (Å²) < 4.78 is 0. The number of nitrogens with zero attached hydrogens (tertiary/aromatic N) is 1. The van der Waals surface area contributed by atoms with Gasteiger partial charge in [0.25, 0.3) is 0 Å². The third-order valence-electron chi connectivity index (χ3n) is 2.03. The monoisotopic (exact) mass is 211 g/mol. The summed E-state index contributed by atoms with van der Waals surface area (Å²) in [5.74, 6) is 0.387. The number of amides is 1. The molecule has 0 aliphatic heterocycles. The lowest BCUT2D eigenvalue weighted by molar-refractivity contribution is -0.122. The van der Waals surface area contributed by atoms with Crippen molar-refractivity contribution in [2.75, 3.05) is 13.1 Å². The highest BCUT2D eigenvalue weighted by molar-refractivity contribution is 5.81. The molecular weight excluding hydrogens is 190 g/mol. The Bertz CT molecular complexity index is 232. The van der Waals surface area contributed by atoms with Crippen molar-refractivity contribution in [2.24, 2.45) is 11.8 Å². The highest BCUT2D eigenvalue weighted by Gasteiger charge is 2.12. The van der Waals surface area contributed by atoms with E-state index in [2.05, 4.69) is 30.6 Å². The first-order valence-electron chi connectivity index (χ1n) is 5.38. The van der Waals surface area contributed by atoms with Gasteiger partial charge in [-0.2, -0.15) is 5.26 Å². The van der Waals surface area contributed by atoms with Crippen LogP contribution in [0.25, 0.3) is 0 Å². The van der Waals surface area contributed by atoms with Crippen LogP contribution in [0.15, 0.2) is 0 Å². The molecule has 4 heteroatoms. The van der Waals surface area contributed by atoms with Crippen LogP contribution in [0.1, 0.15) is 27.7 Å². The Morgan fingerprint density at radius 1 is 1.27 bits per heavy atom. The zero-order valence-corrected chi connectivity index (χ0v) is 10.0. The molecule has 0 aromatic carbocycles. The second kappa shape index (κ2) is 7.24. The van der Waals surface area contributed by atoms with Gasteiger partial charge in [-0.25, -0.2) is 0 Å². The van der Waals surface area contributed by atoms with Gasteiger partial charge in [-0.05, 0) is 19.8 Å². The first kappa shape index (κ1) is 13.9. The fraction of sp³-hybridized carbons (Fsp3) is 0.818. The fourth-order valence-corrected chi connectivity index (χ4v) is 0.950. The summed E-state index contributed by atoms with van der Waals surface area (Å²) in [7, 11) is 0. The molecule has 0 radical (unpaired) electrons. The molecule has 0 aromatic rings. The van der Waals surface area contributed by atoms with Crippen molar-refractivity contribution >= 4 is 5.91 Å². The molecular formula is C11H21N3O. The van der Waals surface area contributed by atoms with Crippen molar-refractivity contribution in [3.8, 4) is 6.07 Å². The van der Waals surface area contributed by atoms with E-state index in [1.54, 1.807) is 6.92 Å². The standard InChI is InChI=1S/C11H21N3O/c1-8(2)6-14-11(15)10(4)13-7-9(3)5-12/h8-10,13H,6-7H2,1-4H3,(H,14,15). The molecule has 4 nitrogen and oxygen atoms in total. The van der Waals surface area contributed by atoms with Gasteiger partial charge in [0, 0.05) is 13.1 Å². The van der Waals surface area contributed by atoms with Gasteiger partial charge in [-0.1, -0.05) is 13.8 Å². The van der Waals surface area contributed by atoms with Crippen LogP contribution >= 0.6 is 0 Å². The fourth-order valence-electron chi connectivity index (χ4n) is 0.950. The van der Waals surface area contributed by atoms with Crippen molar-refractivity contribution in [1.82, 2.24) is 10.6 Å². The van der Waals surface area contributed by atoms with Gasteiger partial charge < -0.3 is 10.6 Å². The van der Waals surface area contributed by atoms with Crippen LogP contribution in [-0.2, 0) is 4.79 Å². The van der Waals surface area contributed by atoms with E-state index in [0.29, 0.717) is 19.0 Å². The molecule has 1 amide bonds. The van der Waals surface area contributed by atoms with Gasteiger partial charge in [0.1, 0.15) is 0 Å². The lowest BCUT2D eigenvalue weighted by Gasteiger charge is -2.15. The number of carbonyl (C=O) groups is 1. The minimum Gasteiger partial charge on any atom is -0.354 e. The third kappa shape index (κ3) is 6.92. The van der Waals surface area contributed by atoms with Crippen LogP contribution in [0.5, 0.6) is 0 Å². The van der Waals surface area contributed by atoms with Crippen molar-refractivity contribution in [2.45, 2.75) is 33.7 Å². The Labute approximate surface area is 92.0 Å². The summed E-state index contributed by atoms with van der Waals surface area (Å²) >= 11 is 0. The zero-order chi connectivity index (χ0) is 11.8. The molecule has 0 saturated carbocycles. The average molecular weight is 211 g/mol. The number of nitriles is 1. The summed E-state index contributed by atoms with van der Waals surface area (Å²) in [6.07, 6.45) is 0. The molecule has 2 unspecified atom stereocenters. The van der Waals surface area contributed by atoms with Crippen LogP contribution in [0, 0.1) is 23.2 Å². The Morgan fingerprint density at radius 2 is 1.87 bits per heavy atom. The highest BCUT2D eigenvalue weighted by atomic mass is 16.2. The van der Waals surface area contributed by atoms with Crippen molar-refractivity contribution < 1.29 is 4.79 Å². The van der Waals surface area contributed by atoms with Crippen LogP contribution < -0.4 is 10.6 Å². The van der Waals surface area contributed by atoms with Crippen molar-refractivity contribution in [3.05, 3.63) is 0 Å². The molecule has 0 heterocycles. The minimum absolute atomic E-state index is 0.00570. The van der Waals surface area contributed by atoms with E-state index in [1.165, 1.54) is 0 Å². The third-order valence-corrected chi connectivity index (χ3v) is 2.03. The van der Waals surface area contributed by atoms with E-state index in [4.69, 9.17) is 5.26 Å². The molecule has 2 atom stereocenters. The van der Waals surface area contributed by atoms with Crippen LogP contribution in [0.2, 0.25) is 0 Å². The molecule has 15 heavy (non-hydrogen) atoms. The normalized spacial score (nSPS) is 14.4. The van der Waals surface area contributed by atoms with Crippen LogP contribution in [0.3, 0.4) is 0 Å². The lowest BCUT2D eigenvalue weighted by atomic mass is 10.2. The van der Waals surface area contributed by atoms with E-state index in [-0.39, 0.29) is 17.9 Å². The lowest BCUT2D eigenvalue weighted by Crippen LogP contribution is -2.44. The maximum absolute atomic E-state index is 11.5. The van der Waals surface area contributed by atoms with Crippen molar-refractivity contribution in [1.29, 1.82) is 5.26 Å². The number of carbonyl (C=O) groups excluding carboxylic acids is 1. The van der Waals surface area contributed by atoms with Gasteiger partial charge >= 0.3 is 0 Å². The van der Waals surface area contributed by atoms with Crippen LogP contribution in [-0.4, -0.2) is 25.0 Å². The number of hydrogen-bond donors (Lipinski definition) is 2. The summed E-state index contributed by atoms with van der Waals surface area (Å²) in [6, 6.07) is 1.88. The molecule has 2 N–H and O–H groups in total. The maximum Gasteiger partial charge on any atom is 0.236 e. The molecule has 0 saturated heterocycles. The van der Waals surface area contributed by atoms with Gasteiger partial charge in [0.15, 0.2) is 0 Å². The Hall–Kier alpha value is -1.08. The SMILES string of the molecule is CC(C)CNC(=O)C(C)NCC(C)C#N. The van der Waals surface area contributed by atoms with E-state index >= 15 is 0 Å². The summed E-state index contributed by atoms with van der Waals surface area (Å²) in [5.41, 5.74) is 0. The van der Waals surface area contributed by atoms with E-state index in [1.807, 2.05) is 6.92 Å². The first-order chi connectivity index (χ1) is 6.97. The Morgan fingerprint density at radius 3 is 2.33 bits per heavy atom. The highest BCUT2D eigenvalue weighted by Crippen LogP contribution is 1.92. The molecule has 0 aliphatic rings. The predicted octanol–water partition coefficient (Wildman–Crippen LogP) is 0.896. The minimum atomic E-state index is -0.237. The predicted molar refractivity (Wildman–Crippen MR) is 60.1 cm³/mol. The largest absolute Gasteiger partial charge is 0.354 e. The Kier molecular flexibility index (Phi) is 6.72. The quantitative estimate of drug-likeness (QED) is 0.686. The van der Waals surface area contributed by atoms with Gasteiger partial charge in [-0.15, -0.1) is 0 Å². The Balaban J connectivity index is 3.75. The van der Waals surface area contributed by atoms with E-state index < -0.39 is 0 Å². The molecule has 0 aliphatic carbocycles. The molecule has 86 valence electrons. The van der Waals surface area contributed by atoms with E-state index in [0.717, 1.165) is 0 Å².